The Bertz CT molecular complexity index is 1120. The summed E-state index contributed by atoms with van der Waals surface area (Å²) >= 11 is 5.58. The number of halogens is 1. The van der Waals surface area contributed by atoms with E-state index in [1.165, 1.54) is 22.9 Å². The van der Waals surface area contributed by atoms with Gasteiger partial charge in [0.15, 0.2) is 0 Å². The van der Waals surface area contributed by atoms with Crippen LogP contribution in [-0.2, 0) is 9.59 Å². The predicted molar refractivity (Wildman–Crippen MR) is 117 cm³/mol. The summed E-state index contributed by atoms with van der Waals surface area (Å²) in [5.74, 6) is -1.68. The highest BCUT2D eigenvalue weighted by atomic mass is 35.5. The van der Waals surface area contributed by atoms with E-state index >= 15 is 0 Å². The molecule has 3 N–H and O–H groups in total. The molecule has 2 aromatic rings. The van der Waals surface area contributed by atoms with Gasteiger partial charge < -0.3 is 10.2 Å². The lowest BCUT2D eigenvalue weighted by atomic mass is 9.73. The minimum Gasteiger partial charge on any atom is -0.481 e. The van der Waals surface area contributed by atoms with Crippen molar-refractivity contribution in [3.05, 3.63) is 86.7 Å². The molecule has 1 atom stereocenters. The van der Waals surface area contributed by atoms with Crippen molar-refractivity contribution in [1.82, 2.24) is 9.55 Å². The molecule has 0 spiro atoms. The molecule has 8 nitrogen and oxygen atoms in total. The Labute approximate surface area is 183 Å². The number of aromatic amines is 1. The number of allylic oxidation sites excluding steroid dienone is 2. The first-order valence-corrected chi connectivity index (χ1v) is 10.0. The number of aromatic nitrogens is 2. The van der Waals surface area contributed by atoms with Crippen molar-refractivity contribution in [1.29, 1.82) is 0 Å². The molecular weight excluding hydrogens is 424 g/mol. The van der Waals surface area contributed by atoms with Crippen LogP contribution in [0.4, 0.5) is 0 Å². The summed E-state index contributed by atoms with van der Waals surface area (Å²) in [7, 11) is 0. The van der Waals surface area contributed by atoms with Gasteiger partial charge in [-0.2, -0.15) is 0 Å². The van der Waals surface area contributed by atoms with Gasteiger partial charge in [0.05, 0.1) is 11.1 Å². The molecule has 1 aliphatic rings. The van der Waals surface area contributed by atoms with E-state index in [4.69, 9.17) is 16.7 Å². The highest BCUT2D eigenvalue weighted by molar-refractivity contribution is 6.17. The fraction of sp³-hybridized carbons (Fsp3) is 0.273. The zero-order chi connectivity index (χ0) is 23.0. The molecule has 0 saturated heterocycles. The van der Waals surface area contributed by atoms with Crippen LogP contribution in [-0.4, -0.2) is 37.6 Å². The van der Waals surface area contributed by atoms with E-state index < -0.39 is 23.0 Å². The third kappa shape index (κ3) is 6.29. The van der Waals surface area contributed by atoms with Crippen molar-refractivity contribution in [2.45, 2.75) is 26.2 Å². The van der Waals surface area contributed by atoms with Crippen molar-refractivity contribution in [2.24, 2.45) is 5.41 Å². The van der Waals surface area contributed by atoms with Crippen molar-refractivity contribution in [3.63, 3.8) is 0 Å². The zero-order valence-electron chi connectivity index (χ0n) is 16.9. The molecular formula is C22H23ClN2O6. The van der Waals surface area contributed by atoms with Crippen LogP contribution in [0.15, 0.2) is 75.5 Å². The minimum absolute atomic E-state index is 0.0197. The topological polar surface area (TPSA) is 129 Å². The molecule has 164 valence electrons. The van der Waals surface area contributed by atoms with Gasteiger partial charge in [0.1, 0.15) is 0 Å². The maximum absolute atomic E-state index is 11.4. The SMILES string of the molecule is CC1=CC(CCCCl)(C(=O)O)CC(C(=O)O)=C1.O=c1ccn(-c2ccccc2)c(=O)[nH]1. The molecule has 0 fully saturated rings. The van der Waals surface area contributed by atoms with Crippen LogP contribution < -0.4 is 11.2 Å². The van der Waals surface area contributed by atoms with E-state index in [0.29, 0.717) is 24.3 Å². The molecule has 1 unspecified atom stereocenters. The average Bonchev–Trinajstić information content (AvgIpc) is 2.73. The molecule has 0 amide bonds. The maximum atomic E-state index is 11.4. The summed E-state index contributed by atoms with van der Waals surface area (Å²) in [6, 6.07) is 10.4. The molecule has 0 saturated carbocycles. The smallest absolute Gasteiger partial charge is 0.332 e. The summed E-state index contributed by atoms with van der Waals surface area (Å²) in [4.78, 5) is 46.7. The second-order valence-corrected chi connectivity index (χ2v) is 7.49. The van der Waals surface area contributed by atoms with Crippen molar-refractivity contribution >= 4 is 23.5 Å². The first kappa shape index (κ1) is 23.9. The molecule has 1 aromatic heterocycles. The largest absolute Gasteiger partial charge is 0.481 e. The number of H-pyrrole nitrogens is 1. The van der Waals surface area contributed by atoms with Gasteiger partial charge in [-0.25, -0.2) is 9.59 Å². The van der Waals surface area contributed by atoms with Gasteiger partial charge in [-0.1, -0.05) is 29.8 Å². The third-order valence-corrected chi connectivity index (χ3v) is 4.99. The number of hydrogen-bond donors (Lipinski definition) is 3. The number of aliphatic carboxylic acids is 2. The lowest BCUT2D eigenvalue weighted by molar-refractivity contribution is -0.146. The van der Waals surface area contributed by atoms with Gasteiger partial charge in [0.25, 0.3) is 5.56 Å². The second kappa shape index (κ2) is 10.6. The van der Waals surface area contributed by atoms with Crippen LogP contribution in [0.25, 0.3) is 5.69 Å². The monoisotopic (exact) mass is 446 g/mol. The Balaban J connectivity index is 0.000000224. The summed E-state index contributed by atoms with van der Waals surface area (Å²) in [5, 5.41) is 18.3. The summed E-state index contributed by atoms with van der Waals surface area (Å²) in [5.41, 5.74) is -0.395. The fourth-order valence-electron chi connectivity index (χ4n) is 3.33. The lowest BCUT2D eigenvalue weighted by Crippen LogP contribution is -2.33. The number of nitrogens with one attached hydrogen (secondary N) is 1. The number of nitrogens with zero attached hydrogens (tertiary/aromatic N) is 1. The third-order valence-electron chi connectivity index (χ3n) is 4.73. The van der Waals surface area contributed by atoms with Gasteiger partial charge in [0, 0.05) is 23.7 Å². The molecule has 3 rings (SSSR count). The number of carboxylic acids is 2. The first-order chi connectivity index (χ1) is 14.7. The standard InChI is InChI=1S/C12H15ClO4.C10H8N2O2/c1-8-5-9(10(14)15)7-12(6-8,11(16)17)3-2-4-13;13-9-6-7-12(10(14)11-9)8-4-2-1-3-5-8/h5-6H,2-4,7H2,1H3,(H,14,15)(H,16,17);1-7H,(H,11,13,14). The summed E-state index contributed by atoms with van der Waals surface area (Å²) in [6.45, 7) is 1.71. The van der Waals surface area contributed by atoms with Gasteiger partial charge in [0.2, 0.25) is 0 Å². The number of rotatable bonds is 6. The molecule has 31 heavy (non-hydrogen) atoms. The Kier molecular flexibility index (Phi) is 8.15. The molecule has 0 bridgehead atoms. The van der Waals surface area contributed by atoms with Crippen LogP contribution >= 0.6 is 11.6 Å². The number of carboxylic acid groups (broad SMARTS) is 2. The van der Waals surface area contributed by atoms with Crippen LogP contribution in [0.1, 0.15) is 26.2 Å². The maximum Gasteiger partial charge on any atom is 0.332 e. The van der Waals surface area contributed by atoms with Crippen LogP contribution in [0.5, 0.6) is 0 Å². The number of hydrogen-bond acceptors (Lipinski definition) is 4. The molecule has 1 heterocycles. The lowest BCUT2D eigenvalue weighted by Gasteiger charge is -2.29. The Hall–Kier alpha value is -3.39. The number of carbonyl (C=O) groups is 2. The summed E-state index contributed by atoms with van der Waals surface area (Å²) < 4.78 is 1.38. The van der Waals surface area contributed by atoms with Gasteiger partial charge in [-0.15, -0.1) is 11.6 Å². The van der Waals surface area contributed by atoms with Crippen LogP contribution in [0.3, 0.4) is 0 Å². The highest BCUT2D eigenvalue weighted by Crippen LogP contribution is 2.38. The van der Waals surface area contributed by atoms with Gasteiger partial charge in [-0.3, -0.25) is 19.1 Å². The normalized spacial score (nSPS) is 17.6. The second-order valence-electron chi connectivity index (χ2n) is 7.11. The van der Waals surface area contributed by atoms with Crippen LogP contribution in [0, 0.1) is 5.41 Å². The fourth-order valence-corrected chi connectivity index (χ4v) is 3.46. The van der Waals surface area contributed by atoms with Gasteiger partial charge in [-0.05, 0) is 44.4 Å². The van der Waals surface area contributed by atoms with Crippen molar-refractivity contribution in [3.8, 4) is 5.69 Å². The minimum atomic E-state index is -1.12. The van der Waals surface area contributed by atoms with Gasteiger partial charge >= 0.3 is 17.6 Å². The molecule has 9 heteroatoms. The Morgan fingerprint density at radius 3 is 2.39 bits per heavy atom. The zero-order valence-corrected chi connectivity index (χ0v) is 17.6. The van der Waals surface area contributed by atoms with E-state index in [1.807, 2.05) is 18.2 Å². The van der Waals surface area contributed by atoms with E-state index in [9.17, 15) is 24.3 Å². The number of alkyl halides is 1. The van der Waals surface area contributed by atoms with E-state index in [0.717, 1.165) is 5.69 Å². The van der Waals surface area contributed by atoms with Crippen molar-refractivity contribution in [2.75, 3.05) is 5.88 Å². The molecule has 1 aromatic carbocycles. The Morgan fingerprint density at radius 1 is 1.16 bits per heavy atom. The van der Waals surface area contributed by atoms with Crippen molar-refractivity contribution < 1.29 is 19.8 Å². The van der Waals surface area contributed by atoms with Crippen LogP contribution in [0.2, 0.25) is 0 Å². The van der Waals surface area contributed by atoms with E-state index in [1.54, 1.807) is 25.1 Å². The highest BCUT2D eigenvalue weighted by Gasteiger charge is 2.39. The summed E-state index contributed by atoms with van der Waals surface area (Å²) in [6.07, 6.45) is 5.53. The molecule has 0 radical (unpaired) electrons. The first-order valence-electron chi connectivity index (χ1n) is 9.48. The quantitative estimate of drug-likeness (QED) is 0.585. The number of para-hydroxylation sites is 1. The average molecular weight is 447 g/mol. The molecule has 0 aliphatic heterocycles. The molecule has 1 aliphatic carbocycles. The number of benzene rings is 1. The Morgan fingerprint density at radius 2 is 1.84 bits per heavy atom. The predicted octanol–water partition coefficient (Wildman–Crippen LogP) is 2.96. The van der Waals surface area contributed by atoms with E-state index in [2.05, 4.69) is 4.98 Å². The van der Waals surface area contributed by atoms with E-state index in [-0.39, 0.29) is 17.6 Å².